The van der Waals surface area contributed by atoms with Gasteiger partial charge in [0, 0.05) is 12.2 Å². The van der Waals surface area contributed by atoms with Gasteiger partial charge in [-0.3, -0.25) is 9.59 Å². The number of amides is 2. The van der Waals surface area contributed by atoms with Crippen molar-refractivity contribution in [2.45, 2.75) is 0 Å². The normalized spacial score (nSPS) is 17.5. The van der Waals surface area contributed by atoms with Gasteiger partial charge in [-0.25, -0.2) is 0 Å². The smallest absolute Gasteiger partial charge is 0.266 e. The van der Waals surface area contributed by atoms with Crippen molar-refractivity contribution >= 4 is 11.8 Å². The molecular weight excluding hydrogens is 108 g/mol. The molecule has 0 N–H and O–H groups in total. The summed E-state index contributed by atoms with van der Waals surface area (Å²) in [4.78, 5) is 20.2. The molecule has 0 aliphatic carbocycles. The van der Waals surface area contributed by atoms with Crippen LogP contribution in [0.5, 0.6) is 0 Å². The maximum absolute atomic E-state index is 10.1. The van der Waals surface area contributed by atoms with E-state index in [1.807, 2.05) is 0 Å². The SMILES string of the molecule is O=C1C=CC(=O)N=N1.[H+]. The van der Waals surface area contributed by atoms with Crippen molar-refractivity contribution in [2.75, 3.05) is 0 Å². The van der Waals surface area contributed by atoms with Gasteiger partial charge in [-0.15, -0.1) is 10.2 Å². The number of carbonyl (C=O) groups is 2. The number of azo groups is 1. The maximum Gasteiger partial charge on any atom is 1.00 e. The van der Waals surface area contributed by atoms with Crippen molar-refractivity contribution in [2.24, 2.45) is 10.2 Å². The second-order valence-electron chi connectivity index (χ2n) is 1.21. The van der Waals surface area contributed by atoms with Crippen LogP contribution in [0, 0.1) is 0 Å². The lowest BCUT2D eigenvalue weighted by Crippen LogP contribution is -1.96. The first kappa shape index (κ1) is 4.83. The standard InChI is InChI=1S/C4H2N2O2/c7-3-1-2-4(8)6-5-3/h1-2H/p+1. The first-order chi connectivity index (χ1) is 3.79. The molecule has 1 heterocycles. The average molecular weight is 111 g/mol. The molecule has 0 spiro atoms. The third kappa shape index (κ3) is 0.841. The summed E-state index contributed by atoms with van der Waals surface area (Å²) < 4.78 is 0. The van der Waals surface area contributed by atoms with Crippen LogP contribution < -0.4 is 0 Å². The molecule has 0 saturated heterocycles. The molecule has 0 unspecified atom stereocenters. The van der Waals surface area contributed by atoms with Crippen LogP contribution in [0.1, 0.15) is 1.43 Å². The zero-order valence-corrected chi connectivity index (χ0v) is 3.87. The van der Waals surface area contributed by atoms with Crippen molar-refractivity contribution in [1.82, 2.24) is 0 Å². The molecule has 0 saturated carbocycles. The van der Waals surface area contributed by atoms with E-state index in [9.17, 15) is 9.59 Å². The monoisotopic (exact) mass is 111 g/mol. The quantitative estimate of drug-likeness (QED) is 0.447. The molecule has 0 atom stereocenters. The largest absolute Gasteiger partial charge is 1.00 e. The number of hydrogen-bond acceptors (Lipinski definition) is 2. The fraction of sp³-hybridized carbons (Fsp3) is 0. The highest BCUT2D eigenvalue weighted by atomic mass is 16.2. The number of hydrogen-bond donors (Lipinski definition) is 0. The molecule has 0 radical (unpaired) electrons. The van der Waals surface area contributed by atoms with E-state index < -0.39 is 11.8 Å². The third-order valence-corrected chi connectivity index (χ3v) is 0.616. The van der Waals surface area contributed by atoms with Gasteiger partial charge in [0.25, 0.3) is 11.8 Å². The molecule has 1 aliphatic rings. The number of rotatable bonds is 0. The molecule has 4 nitrogen and oxygen atoms in total. The maximum atomic E-state index is 10.1. The Bertz CT molecular complexity index is 159. The Hall–Kier alpha value is -1.32. The summed E-state index contributed by atoms with van der Waals surface area (Å²) in [6.45, 7) is 0. The van der Waals surface area contributed by atoms with Crippen molar-refractivity contribution < 1.29 is 11.0 Å². The summed E-state index contributed by atoms with van der Waals surface area (Å²) in [6.07, 6.45) is 2.16. The van der Waals surface area contributed by atoms with Crippen LogP contribution in [0.4, 0.5) is 0 Å². The lowest BCUT2D eigenvalue weighted by molar-refractivity contribution is -0.119. The Morgan fingerprint density at radius 3 is 1.75 bits per heavy atom. The lowest BCUT2D eigenvalue weighted by Gasteiger charge is -1.85. The molecule has 0 aromatic carbocycles. The van der Waals surface area contributed by atoms with Crippen molar-refractivity contribution in [3.63, 3.8) is 0 Å². The molecule has 1 aliphatic heterocycles. The van der Waals surface area contributed by atoms with Gasteiger partial charge in [-0.1, -0.05) is 0 Å². The molecule has 0 aromatic heterocycles. The van der Waals surface area contributed by atoms with E-state index in [0.29, 0.717) is 0 Å². The molecular formula is C4H3N2O2+. The molecule has 0 bridgehead atoms. The minimum atomic E-state index is -0.482. The van der Waals surface area contributed by atoms with Crippen LogP contribution in [-0.4, -0.2) is 11.8 Å². The first-order valence-electron chi connectivity index (χ1n) is 1.97. The Kier molecular flexibility index (Phi) is 0.997. The third-order valence-electron chi connectivity index (χ3n) is 0.616. The van der Waals surface area contributed by atoms with Crippen molar-refractivity contribution in [3.05, 3.63) is 12.2 Å². The van der Waals surface area contributed by atoms with E-state index in [0.717, 1.165) is 12.2 Å². The predicted molar refractivity (Wildman–Crippen MR) is 25.1 cm³/mol. The van der Waals surface area contributed by atoms with Crippen molar-refractivity contribution in [1.29, 1.82) is 0 Å². The van der Waals surface area contributed by atoms with Gasteiger partial charge in [0.05, 0.1) is 0 Å². The minimum absolute atomic E-state index is 0. The van der Waals surface area contributed by atoms with E-state index in [1.165, 1.54) is 0 Å². The van der Waals surface area contributed by atoms with Gasteiger partial charge >= 0.3 is 1.43 Å². The zero-order valence-electron chi connectivity index (χ0n) is 4.87. The van der Waals surface area contributed by atoms with E-state index in [1.54, 1.807) is 0 Å². The summed E-state index contributed by atoms with van der Waals surface area (Å²) in [7, 11) is 0. The highest BCUT2D eigenvalue weighted by Gasteiger charge is 2.01. The molecule has 4 heteroatoms. The van der Waals surface area contributed by atoms with Crippen molar-refractivity contribution in [3.8, 4) is 0 Å². The number of nitrogens with zero attached hydrogens (tertiary/aromatic N) is 2. The topological polar surface area (TPSA) is 58.9 Å². The van der Waals surface area contributed by atoms with Crippen LogP contribution in [-0.2, 0) is 9.59 Å². The summed E-state index contributed by atoms with van der Waals surface area (Å²) >= 11 is 0. The van der Waals surface area contributed by atoms with Gasteiger partial charge in [-0.2, -0.15) is 0 Å². The molecule has 8 heavy (non-hydrogen) atoms. The Morgan fingerprint density at radius 2 is 1.50 bits per heavy atom. The highest BCUT2D eigenvalue weighted by molar-refractivity contribution is 6.00. The van der Waals surface area contributed by atoms with Gasteiger partial charge in [0.2, 0.25) is 0 Å². The Balaban J connectivity index is 0.000000640. The Morgan fingerprint density at radius 1 is 1.12 bits per heavy atom. The second-order valence-corrected chi connectivity index (χ2v) is 1.21. The van der Waals surface area contributed by atoms with Crippen LogP contribution >= 0.6 is 0 Å². The van der Waals surface area contributed by atoms with E-state index >= 15 is 0 Å². The molecule has 2 amide bonds. The van der Waals surface area contributed by atoms with Gasteiger partial charge in [0.1, 0.15) is 0 Å². The van der Waals surface area contributed by atoms with Crippen LogP contribution in [0.25, 0.3) is 0 Å². The molecule has 0 aromatic rings. The van der Waals surface area contributed by atoms with Crippen LogP contribution in [0.3, 0.4) is 0 Å². The average Bonchev–Trinajstić information content (AvgIpc) is 1.77. The lowest BCUT2D eigenvalue weighted by atomic mass is 10.4. The number of carbonyl (C=O) groups excluding carboxylic acids is 2. The van der Waals surface area contributed by atoms with Crippen LogP contribution in [0.2, 0.25) is 0 Å². The predicted octanol–water partition coefficient (Wildman–Crippen LogP) is 0.174. The summed E-state index contributed by atoms with van der Waals surface area (Å²) in [5.41, 5.74) is 0. The van der Waals surface area contributed by atoms with Gasteiger partial charge in [-0.05, 0) is 0 Å². The fourth-order valence-corrected chi connectivity index (χ4v) is 0.308. The first-order valence-corrected chi connectivity index (χ1v) is 1.97. The minimum Gasteiger partial charge on any atom is -0.266 e. The van der Waals surface area contributed by atoms with Gasteiger partial charge < -0.3 is 0 Å². The van der Waals surface area contributed by atoms with E-state index in [2.05, 4.69) is 10.2 Å². The highest BCUT2D eigenvalue weighted by Crippen LogP contribution is 1.91. The van der Waals surface area contributed by atoms with Gasteiger partial charge in [0.15, 0.2) is 0 Å². The fourth-order valence-electron chi connectivity index (χ4n) is 0.308. The van der Waals surface area contributed by atoms with Crippen LogP contribution in [0.15, 0.2) is 22.4 Å². The summed E-state index contributed by atoms with van der Waals surface area (Å²) in [5.74, 6) is -0.964. The zero-order chi connectivity index (χ0) is 5.98. The molecule has 40 valence electrons. The van der Waals surface area contributed by atoms with E-state index in [4.69, 9.17) is 0 Å². The van der Waals surface area contributed by atoms with E-state index in [-0.39, 0.29) is 1.43 Å². The summed E-state index contributed by atoms with van der Waals surface area (Å²) in [6, 6.07) is 0. The summed E-state index contributed by atoms with van der Waals surface area (Å²) in [5, 5.41) is 5.92. The molecule has 1 rings (SSSR count). The molecule has 0 fully saturated rings. The Labute approximate surface area is 46.4 Å². The second kappa shape index (κ2) is 1.65.